The molecule has 0 radical (unpaired) electrons. The summed E-state index contributed by atoms with van der Waals surface area (Å²) in [6, 6.07) is 27.3. The molecule has 4 atom stereocenters. The summed E-state index contributed by atoms with van der Waals surface area (Å²) in [5, 5.41) is 6.53. The summed E-state index contributed by atoms with van der Waals surface area (Å²) in [6.45, 7) is 13.2. The van der Waals surface area contributed by atoms with Crippen molar-refractivity contribution < 1.29 is 19.1 Å². The molecule has 0 spiro atoms. The number of fused-ring (bicyclic) bond motifs is 12. The van der Waals surface area contributed by atoms with Gasteiger partial charge in [0.25, 0.3) is 0 Å². The van der Waals surface area contributed by atoms with Crippen LogP contribution < -0.4 is 20.1 Å². The molecule has 2 heterocycles. The lowest BCUT2D eigenvalue weighted by molar-refractivity contribution is -0.125. The van der Waals surface area contributed by atoms with Crippen LogP contribution in [-0.2, 0) is 31.2 Å². The maximum absolute atomic E-state index is 14.7. The first-order valence-electron chi connectivity index (χ1n) is 20.2. The first kappa shape index (κ1) is 36.4. The maximum Gasteiger partial charge on any atom is 0.237 e. The van der Waals surface area contributed by atoms with Crippen LogP contribution in [0.15, 0.2) is 84.9 Å². The van der Waals surface area contributed by atoms with Gasteiger partial charge in [-0.25, -0.2) is 19.9 Å². The zero-order valence-electron chi connectivity index (χ0n) is 34.3. The number of aromatic nitrogens is 4. The minimum atomic E-state index is -0.863. The van der Waals surface area contributed by atoms with Gasteiger partial charge in [-0.05, 0) is 96.2 Å². The van der Waals surface area contributed by atoms with Crippen molar-refractivity contribution in [3.8, 4) is 22.6 Å². The molecule has 6 aromatic rings. The third kappa shape index (κ3) is 4.27. The lowest BCUT2D eigenvalue weighted by Gasteiger charge is -2.39. The Kier molecular flexibility index (Phi) is 7.44. The number of nitrogens with one attached hydrogen (secondary N) is 2. The highest BCUT2D eigenvalue weighted by Crippen LogP contribution is 2.71. The van der Waals surface area contributed by atoms with Crippen molar-refractivity contribution in [1.29, 1.82) is 0 Å². The van der Waals surface area contributed by atoms with Gasteiger partial charge < -0.3 is 20.1 Å². The Morgan fingerprint density at radius 1 is 0.500 bits per heavy atom. The van der Waals surface area contributed by atoms with Crippen molar-refractivity contribution in [2.24, 2.45) is 10.8 Å². The number of rotatable bonds is 7. The fourth-order valence-corrected chi connectivity index (χ4v) is 11.5. The molecule has 10 nitrogen and oxygen atoms in total. The Morgan fingerprint density at radius 3 is 1.19 bits per heavy atom. The molecular weight excluding hydrogens is 725 g/mol. The predicted octanol–water partition coefficient (Wildman–Crippen LogP) is 9.19. The van der Waals surface area contributed by atoms with E-state index in [0.717, 1.165) is 68.8 Å². The number of anilines is 2. The molecule has 4 aliphatic carbocycles. The van der Waals surface area contributed by atoms with Gasteiger partial charge in [0.1, 0.15) is 11.5 Å². The number of para-hydroxylation sites is 4. The van der Waals surface area contributed by atoms with Crippen LogP contribution in [0.25, 0.3) is 33.2 Å². The Balaban J connectivity index is 0.947. The van der Waals surface area contributed by atoms with Gasteiger partial charge in [0, 0.05) is 10.8 Å². The monoisotopic (exact) mass is 772 g/mol. The van der Waals surface area contributed by atoms with Gasteiger partial charge in [-0.2, -0.15) is 0 Å². The van der Waals surface area contributed by atoms with Crippen LogP contribution in [0, 0.1) is 10.8 Å². The summed E-state index contributed by atoms with van der Waals surface area (Å²) >= 11 is 0. The third-order valence-corrected chi connectivity index (χ3v) is 15.9. The SMILES string of the molecule is COc1cc(-c2ccc(NC(=O)C34CCC(C)(c5nc6ccccc6nc53)C4(C)C)c(OC)c2)ccc1NC(=O)C12CCC(C)(c3nc4ccccc4nc31)C2(C)C. The smallest absolute Gasteiger partial charge is 0.237 e. The van der Waals surface area contributed by atoms with Gasteiger partial charge in [-0.1, -0.05) is 77.9 Å². The lowest BCUT2D eigenvalue weighted by atomic mass is 9.63. The minimum Gasteiger partial charge on any atom is -0.495 e. The summed E-state index contributed by atoms with van der Waals surface area (Å²) in [5.41, 5.74) is 6.37. The Morgan fingerprint density at radius 2 is 0.845 bits per heavy atom. The standard InChI is InChI=1S/C48H48N6O4/c1-43(2)45(5)21-23-47(43,39-37(45)49-29-13-9-11-15-31(29)51-39)41(55)53-33-19-17-27(25-35(33)57-7)28-18-20-34(36(26-28)58-8)54-42(56)48-24-22-46(6,44(48,3)4)38-40(48)52-32-16-12-10-14-30(32)50-38/h9-20,25-26H,21-24H2,1-8H3,(H,53,55)(H,54,56). The lowest BCUT2D eigenvalue weighted by Crippen LogP contribution is -2.48. The number of nitrogens with zero attached hydrogens (tertiary/aromatic N) is 4. The summed E-state index contributed by atoms with van der Waals surface area (Å²) in [5.74, 6) is 0.844. The van der Waals surface area contributed by atoms with Crippen LogP contribution >= 0.6 is 0 Å². The van der Waals surface area contributed by atoms with Gasteiger partial charge in [0.15, 0.2) is 0 Å². The molecule has 4 unspecified atom stereocenters. The fraction of sp³-hybridized carbons (Fsp3) is 0.375. The highest BCUT2D eigenvalue weighted by molar-refractivity contribution is 6.04. The van der Waals surface area contributed by atoms with Crippen LogP contribution in [0.2, 0.25) is 0 Å². The van der Waals surface area contributed by atoms with Crippen LogP contribution in [0.5, 0.6) is 11.5 Å². The second-order valence-electron chi connectivity index (χ2n) is 18.3. The number of carbonyl (C=O) groups excluding carboxylic acids is 2. The summed E-state index contributed by atoms with van der Waals surface area (Å²) in [7, 11) is 3.21. The van der Waals surface area contributed by atoms with Gasteiger partial charge in [-0.15, -0.1) is 0 Å². The molecular formula is C48H48N6O4. The molecule has 294 valence electrons. The van der Waals surface area contributed by atoms with E-state index in [9.17, 15) is 9.59 Å². The Bertz CT molecular complexity index is 2590. The molecule has 2 fully saturated rings. The average molecular weight is 773 g/mol. The molecule has 2 saturated carbocycles. The summed E-state index contributed by atoms with van der Waals surface area (Å²) in [4.78, 5) is 49.9. The average Bonchev–Trinajstić information content (AvgIpc) is 3.69. The third-order valence-electron chi connectivity index (χ3n) is 15.9. The number of ether oxygens (including phenoxy) is 2. The minimum absolute atomic E-state index is 0.105. The van der Waals surface area contributed by atoms with E-state index in [-0.39, 0.29) is 22.6 Å². The van der Waals surface area contributed by atoms with E-state index in [1.807, 2.05) is 84.9 Å². The van der Waals surface area contributed by atoms with Crippen LogP contribution in [0.3, 0.4) is 0 Å². The Labute approximate surface area is 338 Å². The van der Waals surface area contributed by atoms with Crippen LogP contribution in [0.4, 0.5) is 11.4 Å². The molecule has 4 aliphatic rings. The quantitative estimate of drug-likeness (QED) is 0.165. The predicted molar refractivity (Wildman–Crippen MR) is 225 cm³/mol. The van der Waals surface area contributed by atoms with E-state index in [4.69, 9.17) is 29.4 Å². The zero-order chi connectivity index (χ0) is 40.6. The van der Waals surface area contributed by atoms with Gasteiger partial charge in [0.2, 0.25) is 11.8 Å². The topological polar surface area (TPSA) is 128 Å². The molecule has 10 heteroatoms. The summed E-state index contributed by atoms with van der Waals surface area (Å²) in [6.07, 6.45) is 3.05. The van der Waals surface area contributed by atoms with Crippen LogP contribution in [0.1, 0.15) is 90.0 Å². The van der Waals surface area contributed by atoms with E-state index in [1.54, 1.807) is 14.2 Å². The van der Waals surface area contributed by atoms with E-state index in [2.05, 4.69) is 52.2 Å². The molecule has 0 saturated heterocycles. The number of hydrogen-bond donors (Lipinski definition) is 2. The first-order chi connectivity index (χ1) is 27.7. The van der Waals surface area contributed by atoms with Crippen LogP contribution in [-0.4, -0.2) is 46.0 Å². The molecule has 58 heavy (non-hydrogen) atoms. The number of amides is 2. The van der Waals surface area contributed by atoms with E-state index >= 15 is 0 Å². The highest BCUT2D eigenvalue weighted by Gasteiger charge is 2.74. The van der Waals surface area contributed by atoms with Crippen molar-refractivity contribution in [3.63, 3.8) is 0 Å². The van der Waals surface area contributed by atoms with Crippen molar-refractivity contribution in [2.75, 3.05) is 24.9 Å². The van der Waals surface area contributed by atoms with Crippen molar-refractivity contribution >= 4 is 45.3 Å². The normalized spacial score (nSPS) is 26.7. The van der Waals surface area contributed by atoms with Gasteiger partial charge in [0.05, 0.1) is 81.3 Å². The molecule has 2 aromatic heterocycles. The number of benzene rings is 4. The van der Waals surface area contributed by atoms with Crippen molar-refractivity contribution in [1.82, 2.24) is 19.9 Å². The number of methoxy groups -OCH3 is 2. The molecule has 10 rings (SSSR count). The first-order valence-corrected chi connectivity index (χ1v) is 20.2. The van der Waals surface area contributed by atoms with Crippen molar-refractivity contribution in [3.05, 3.63) is 108 Å². The van der Waals surface area contributed by atoms with E-state index in [0.29, 0.717) is 35.7 Å². The largest absolute Gasteiger partial charge is 0.495 e. The summed E-state index contributed by atoms with van der Waals surface area (Å²) < 4.78 is 11.8. The second-order valence-corrected chi connectivity index (χ2v) is 18.3. The molecule has 4 bridgehead atoms. The van der Waals surface area contributed by atoms with Gasteiger partial charge >= 0.3 is 0 Å². The van der Waals surface area contributed by atoms with E-state index < -0.39 is 21.7 Å². The number of hydrogen-bond acceptors (Lipinski definition) is 8. The number of carbonyl (C=O) groups is 2. The maximum atomic E-state index is 14.7. The Hall–Kier alpha value is -5.90. The zero-order valence-corrected chi connectivity index (χ0v) is 34.3. The molecule has 4 aromatic carbocycles. The fourth-order valence-electron chi connectivity index (χ4n) is 11.5. The molecule has 2 N–H and O–H groups in total. The highest BCUT2D eigenvalue weighted by atomic mass is 16.5. The molecule has 2 amide bonds. The molecule has 0 aliphatic heterocycles. The second kappa shape index (κ2) is 11.8. The van der Waals surface area contributed by atoms with Gasteiger partial charge in [-0.3, -0.25) is 9.59 Å². The van der Waals surface area contributed by atoms with Crippen molar-refractivity contribution in [2.45, 2.75) is 88.9 Å². The van der Waals surface area contributed by atoms with E-state index in [1.165, 1.54) is 0 Å².